The molecular weight excluding hydrogens is 208 g/mol. The summed E-state index contributed by atoms with van der Waals surface area (Å²) >= 11 is 0. The van der Waals surface area contributed by atoms with Gasteiger partial charge in [0.25, 0.3) is 0 Å². The van der Waals surface area contributed by atoms with Crippen LogP contribution in [0.4, 0.5) is 0 Å². The van der Waals surface area contributed by atoms with Gasteiger partial charge in [0.05, 0.1) is 8.07 Å². The number of hydrogen-bond acceptors (Lipinski definition) is 0. The summed E-state index contributed by atoms with van der Waals surface area (Å²) in [5.74, 6) is 0. The minimum absolute atomic E-state index is 1.03. The van der Waals surface area contributed by atoms with Crippen molar-refractivity contribution in [2.75, 3.05) is 0 Å². The Morgan fingerprint density at radius 1 is 1.19 bits per heavy atom. The first kappa shape index (κ1) is 13.0. The molecule has 86 valence electrons. The largest absolute Gasteiger partial charge is 0.0986 e. The van der Waals surface area contributed by atoms with E-state index in [-0.39, 0.29) is 0 Å². The predicted molar refractivity (Wildman–Crippen MR) is 77.3 cm³/mol. The summed E-state index contributed by atoms with van der Waals surface area (Å²) in [4.78, 5) is 0. The van der Waals surface area contributed by atoms with E-state index in [1.165, 1.54) is 11.1 Å². The Balaban J connectivity index is 2.63. The molecule has 0 fully saturated rings. The molecule has 0 unspecified atom stereocenters. The standard InChI is InChI=1S/C15H22Si/c1-13(2)15-10-8-14(9-11-15)7-6-12-16(3,4)5/h6,8-12H,1,7H2,2-5H3/b12-6+. The van der Waals surface area contributed by atoms with Crippen LogP contribution >= 0.6 is 0 Å². The Kier molecular flexibility index (Phi) is 4.31. The smallest absolute Gasteiger partial charge is 0.0683 e. The predicted octanol–water partition coefficient (Wildman–Crippen LogP) is 4.70. The van der Waals surface area contributed by atoms with E-state index >= 15 is 0 Å². The van der Waals surface area contributed by atoms with Crippen LogP contribution in [0, 0.1) is 0 Å². The number of allylic oxidation sites excluding steroid dienone is 2. The average Bonchev–Trinajstić information content (AvgIpc) is 2.16. The molecule has 0 amide bonds. The minimum Gasteiger partial charge on any atom is -0.0986 e. The lowest BCUT2D eigenvalue weighted by Crippen LogP contribution is -2.15. The first-order chi connectivity index (χ1) is 7.38. The highest BCUT2D eigenvalue weighted by molar-refractivity contribution is 6.80. The summed E-state index contributed by atoms with van der Waals surface area (Å²) in [6, 6.07) is 8.69. The van der Waals surface area contributed by atoms with E-state index in [4.69, 9.17) is 0 Å². The van der Waals surface area contributed by atoms with E-state index in [2.05, 4.69) is 62.3 Å². The fraction of sp³-hybridized carbons (Fsp3) is 0.333. The zero-order chi connectivity index (χ0) is 12.2. The van der Waals surface area contributed by atoms with Crippen LogP contribution in [0.25, 0.3) is 5.57 Å². The molecular formula is C15H22Si. The molecule has 0 aromatic heterocycles. The summed E-state index contributed by atoms with van der Waals surface area (Å²) < 4.78 is 0. The topological polar surface area (TPSA) is 0 Å². The highest BCUT2D eigenvalue weighted by atomic mass is 28.3. The fourth-order valence-corrected chi connectivity index (χ4v) is 2.30. The van der Waals surface area contributed by atoms with E-state index in [9.17, 15) is 0 Å². The van der Waals surface area contributed by atoms with Crippen LogP contribution in [0.1, 0.15) is 18.1 Å². The van der Waals surface area contributed by atoms with Crippen molar-refractivity contribution in [3.63, 3.8) is 0 Å². The molecule has 0 aliphatic heterocycles. The van der Waals surface area contributed by atoms with Crippen LogP contribution < -0.4 is 0 Å². The van der Waals surface area contributed by atoms with Crippen LogP contribution in [0.15, 0.2) is 42.6 Å². The Hall–Kier alpha value is -1.08. The molecule has 0 saturated heterocycles. The highest BCUT2D eigenvalue weighted by Gasteiger charge is 2.06. The molecule has 0 aliphatic carbocycles. The van der Waals surface area contributed by atoms with Gasteiger partial charge in [0.1, 0.15) is 0 Å². The Morgan fingerprint density at radius 3 is 2.19 bits per heavy atom. The first-order valence-electron chi connectivity index (χ1n) is 5.81. The van der Waals surface area contributed by atoms with Crippen molar-refractivity contribution in [2.24, 2.45) is 0 Å². The van der Waals surface area contributed by atoms with E-state index in [1.54, 1.807) is 0 Å². The SMILES string of the molecule is C=C(C)c1ccc(C/C=C/[Si](C)(C)C)cc1. The number of rotatable bonds is 4. The number of hydrogen-bond donors (Lipinski definition) is 0. The van der Waals surface area contributed by atoms with E-state index in [1.807, 2.05) is 6.92 Å². The lowest BCUT2D eigenvalue weighted by atomic mass is 10.1. The summed E-state index contributed by atoms with van der Waals surface area (Å²) in [6.07, 6.45) is 3.35. The van der Waals surface area contributed by atoms with Crippen molar-refractivity contribution in [3.8, 4) is 0 Å². The van der Waals surface area contributed by atoms with Crippen molar-refractivity contribution in [1.29, 1.82) is 0 Å². The van der Waals surface area contributed by atoms with Gasteiger partial charge in [-0.1, -0.05) is 67.8 Å². The zero-order valence-corrected chi connectivity index (χ0v) is 11.9. The molecule has 0 nitrogen and oxygen atoms in total. The van der Waals surface area contributed by atoms with Crippen molar-refractivity contribution in [2.45, 2.75) is 33.0 Å². The maximum absolute atomic E-state index is 3.94. The third kappa shape index (κ3) is 4.62. The number of benzene rings is 1. The van der Waals surface area contributed by atoms with Gasteiger partial charge < -0.3 is 0 Å². The molecule has 1 rings (SSSR count). The molecule has 0 spiro atoms. The summed E-state index contributed by atoms with van der Waals surface area (Å²) in [5.41, 5.74) is 6.14. The molecule has 0 bridgehead atoms. The van der Waals surface area contributed by atoms with Gasteiger partial charge in [-0.2, -0.15) is 0 Å². The second kappa shape index (κ2) is 5.31. The highest BCUT2D eigenvalue weighted by Crippen LogP contribution is 2.13. The molecule has 0 heterocycles. The normalized spacial score (nSPS) is 12.0. The maximum Gasteiger partial charge on any atom is 0.0683 e. The second-order valence-corrected chi connectivity index (χ2v) is 10.5. The van der Waals surface area contributed by atoms with Gasteiger partial charge in [-0.15, -0.1) is 0 Å². The van der Waals surface area contributed by atoms with E-state index in [0.29, 0.717) is 0 Å². The lowest BCUT2D eigenvalue weighted by Gasteiger charge is -2.08. The summed E-state index contributed by atoms with van der Waals surface area (Å²) in [7, 11) is -1.03. The molecule has 1 aromatic rings. The van der Waals surface area contributed by atoms with Gasteiger partial charge in [0, 0.05) is 0 Å². The van der Waals surface area contributed by atoms with Gasteiger partial charge >= 0.3 is 0 Å². The molecule has 1 heteroatoms. The monoisotopic (exact) mass is 230 g/mol. The van der Waals surface area contributed by atoms with Gasteiger partial charge in [0.2, 0.25) is 0 Å². The first-order valence-corrected chi connectivity index (χ1v) is 9.39. The van der Waals surface area contributed by atoms with Gasteiger partial charge in [-0.3, -0.25) is 0 Å². The molecule has 16 heavy (non-hydrogen) atoms. The fourth-order valence-electron chi connectivity index (χ4n) is 1.47. The van der Waals surface area contributed by atoms with Crippen LogP contribution in [0.2, 0.25) is 19.6 Å². The summed E-state index contributed by atoms with van der Waals surface area (Å²) in [6.45, 7) is 13.0. The average molecular weight is 230 g/mol. The molecule has 0 N–H and O–H groups in total. The van der Waals surface area contributed by atoms with Crippen molar-refractivity contribution in [3.05, 3.63) is 53.7 Å². The van der Waals surface area contributed by atoms with Gasteiger partial charge in [0.15, 0.2) is 0 Å². The molecule has 0 atom stereocenters. The van der Waals surface area contributed by atoms with E-state index < -0.39 is 8.07 Å². The third-order valence-electron chi connectivity index (χ3n) is 2.42. The van der Waals surface area contributed by atoms with Gasteiger partial charge in [-0.05, 0) is 24.5 Å². The van der Waals surface area contributed by atoms with Crippen LogP contribution in [-0.2, 0) is 6.42 Å². The van der Waals surface area contributed by atoms with Crippen LogP contribution in [0.3, 0.4) is 0 Å². The Bertz CT molecular complexity index is 377. The molecule has 0 radical (unpaired) electrons. The second-order valence-electron chi connectivity index (χ2n) is 5.45. The Morgan fingerprint density at radius 2 is 1.75 bits per heavy atom. The van der Waals surface area contributed by atoms with Gasteiger partial charge in [-0.25, -0.2) is 0 Å². The summed E-state index contributed by atoms with van der Waals surface area (Å²) in [5, 5.41) is 0. The van der Waals surface area contributed by atoms with Crippen LogP contribution in [-0.4, -0.2) is 8.07 Å². The zero-order valence-electron chi connectivity index (χ0n) is 10.9. The Labute approximate surface area is 101 Å². The van der Waals surface area contributed by atoms with Crippen molar-refractivity contribution in [1.82, 2.24) is 0 Å². The van der Waals surface area contributed by atoms with Crippen molar-refractivity contribution >= 4 is 13.6 Å². The van der Waals surface area contributed by atoms with Crippen molar-refractivity contribution < 1.29 is 0 Å². The third-order valence-corrected chi connectivity index (χ3v) is 3.65. The minimum atomic E-state index is -1.03. The van der Waals surface area contributed by atoms with Crippen LogP contribution in [0.5, 0.6) is 0 Å². The van der Waals surface area contributed by atoms with E-state index in [0.717, 1.165) is 12.0 Å². The quantitative estimate of drug-likeness (QED) is 0.658. The lowest BCUT2D eigenvalue weighted by molar-refractivity contribution is 1.27. The molecule has 0 aliphatic rings. The molecule has 0 saturated carbocycles. The maximum atomic E-state index is 3.94. The molecule has 1 aromatic carbocycles.